The van der Waals surface area contributed by atoms with Crippen LogP contribution in [0.4, 0.5) is 5.69 Å². The van der Waals surface area contributed by atoms with Gasteiger partial charge in [0.05, 0.1) is 18.5 Å². The summed E-state index contributed by atoms with van der Waals surface area (Å²) in [6, 6.07) is 3.51. The van der Waals surface area contributed by atoms with Crippen molar-refractivity contribution >= 4 is 11.6 Å². The van der Waals surface area contributed by atoms with Crippen LogP contribution in [0, 0.1) is 6.92 Å². The van der Waals surface area contributed by atoms with Crippen LogP contribution in [0.5, 0.6) is 5.88 Å². The van der Waals surface area contributed by atoms with Crippen LogP contribution in [0.25, 0.3) is 0 Å². The second-order valence-electron chi connectivity index (χ2n) is 4.87. The van der Waals surface area contributed by atoms with Gasteiger partial charge in [-0.15, -0.1) is 0 Å². The molecule has 0 aliphatic carbocycles. The molecule has 0 spiro atoms. The topological polar surface area (TPSA) is 60.5 Å². The van der Waals surface area contributed by atoms with Gasteiger partial charge in [-0.2, -0.15) is 0 Å². The summed E-state index contributed by atoms with van der Waals surface area (Å²) >= 11 is 0. The lowest BCUT2D eigenvalue weighted by Crippen LogP contribution is -2.42. The summed E-state index contributed by atoms with van der Waals surface area (Å²) in [5, 5.41) is 2.88. The van der Waals surface area contributed by atoms with Gasteiger partial charge in [-0.1, -0.05) is 13.8 Å². The van der Waals surface area contributed by atoms with Gasteiger partial charge in [-0.25, -0.2) is 4.98 Å². The first-order valence-corrected chi connectivity index (χ1v) is 6.93. The van der Waals surface area contributed by atoms with Gasteiger partial charge in [0.1, 0.15) is 5.60 Å². The Bertz CT molecular complexity index is 462. The van der Waals surface area contributed by atoms with Crippen molar-refractivity contribution in [3.8, 4) is 5.88 Å². The fourth-order valence-corrected chi connectivity index (χ4v) is 1.69. The second-order valence-corrected chi connectivity index (χ2v) is 4.87. The molecule has 0 saturated carbocycles. The Labute approximate surface area is 120 Å². The Kier molecular flexibility index (Phi) is 5.95. The van der Waals surface area contributed by atoms with E-state index < -0.39 is 5.60 Å². The zero-order valence-corrected chi connectivity index (χ0v) is 12.9. The molecule has 1 rings (SSSR count). The molecule has 20 heavy (non-hydrogen) atoms. The van der Waals surface area contributed by atoms with Gasteiger partial charge >= 0.3 is 0 Å². The lowest BCUT2D eigenvalue weighted by molar-refractivity contribution is -0.139. The first kappa shape index (κ1) is 16.4. The maximum atomic E-state index is 12.4. The molecule has 0 bridgehead atoms. The van der Waals surface area contributed by atoms with Crippen molar-refractivity contribution in [1.29, 1.82) is 0 Å². The Morgan fingerprint density at radius 1 is 1.40 bits per heavy atom. The highest BCUT2D eigenvalue weighted by molar-refractivity contribution is 5.97. The number of ether oxygens (including phenoxy) is 2. The number of carbonyl (C=O) groups is 1. The first-order chi connectivity index (χ1) is 9.46. The standard InChI is InChI=1S/C15H24N2O3/c1-6-10-20-15(4,7-2)14(18)17-12-8-9-13(19-5)16-11(12)3/h8-9H,6-7,10H2,1-5H3,(H,17,18). The smallest absolute Gasteiger partial charge is 0.256 e. The Morgan fingerprint density at radius 3 is 2.60 bits per heavy atom. The monoisotopic (exact) mass is 280 g/mol. The number of nitrogens with one attached hydrogen (secondary N) is 1. The molecule has 1 amide bonds. The third-order valence-electron chi connectivity index (χ3n) is 3.30. The molecule has 0 radical (unpaired) electrons. The van der Waals surface area contributed by atoms with Crippen LogP contribution in [0.3, 0.4) is 0 Å². The fourth-order valence-electron chi connectivity index (χ4n) is 1.69. The molecule has 0 aromatic carbocycles. The van der Waals surface area contributed by atoms with E-state index in [0.29, 0.717) is 30.3 Å². The summed E-state index contributed by atoms with van der Waals surface area (Å²) in [5.41, 5.74) is 0.574. The van der Waals surface area contributed by atoms with Crippen LogP contribution in [-0.2, 0) is 9.53 Å². The number of hydrogen-bond acceptors (Lipinski definition) is 4. The molecule has 1 N–H and O–H groups in total. The van der Waals surface area contributed by atoms with Crippen LogP contribution < -0.4 is 10.1 Å². The van der Waals surface area contributed by atoms with Crippen LogP contribution >= 0.6 is 0 Å². The van der Waals surface area contributed by atoms with E-state index in [2.05, 4.69) is 10.3 Å². The van der Waals surface area contributed by atoms with Gasteiger partial charge < -0.3 is 14.8 Å². The number of anilines is 1. The largest absolute Gasteiger partial charge is 0.481 e. The Hall–Kier alpha value is -1.62. The van der Waals surface area contributed by atoms with Crippen molar-refractivity contribution < 1.29 is 14.3 Å². The van der Waals surface area contributed by atoms with Gasteiger partial charge in [0.2, 0.25) is 5.88 Å². The highest BCUT2D eigenvalue weighted by Crippen LogP contribution is 2.22. The third kappa shape index (κ3) is 3.93. The summed E-state index contributed by atoms with van der Waals surface area (Å²) in [4.78, 5) is 16.6. The van der Waals surface area contributed by atoms with Gasteiger partial charge in [-0.3, -0.25) is 4.79 Å². The normalized spacial score (nSPS) is 13.7. The third-order valence-corrected chi connectivity index (χ3v) is 3.30. The molecule has 0 aliphatic rings. The SMILES string of the molecule is CCCOC(C)(CC)C(=O)Nc1ccc(OC)nc1C. The van der Waals surface area contributed by atoms with Gasteiger partial charge in [-0.05, 0) is 32.8 Å². The van der Waals surface area contributed by atoms with Gasteiger partial charge in [0.25, 0.3) is 5.91 Å². The quantitative estimate of drug-likeness (QED) is 0.834. The maximum absolute atomic E-state index is 12.4. The van der Waals surface area contributed by atoms with E-state index in [1.807, 2.05) is 27.7 Å². The van der Waals surface area contributed by atoms with Crippen molar-refractivity contribution in [2.24, 2.45) is 0 Å². The molecule has 0 saturated heterocycles. The number of methoxy groups -OCH3 is 1. The lowest BCUT2D eigenvalue weighted by Gasteiger charge is -2.27. The van der Waals surface area contributed by atoms with Crippen LogP contribution in [0.2, 0.25) is 0 Å². The van der Waals surface area contributed by atoms with Crippen molar-refractivity contribution in [1.82, 2.24) is 4.98 Å². The number of hydrogen-bond donors (Lipinski definition) is 1. The fraction of sp³-hybridized carbons (Fsp3) is 0.600. The van der Waals surface area contributed by atoms with E-state index in [4.69, 9.17) is 9.47 Å². The van der Waals surface area contributed by atoms with Crippen molar-refractivity contribution in [3.05, 3.63) is 17.8 Å². The van der Waals surface area contributed by atoms with Crippen molar-refractivity contribution in [2.75, 3.05) is 19.0 Å². The summed E-state index contributed by atoms with van der Waals surface area (Å²) in [6.45, 7) is 8.16. The molecule has 5 nitrogen and oxygen atoms in total. The highest BCUT2D eigenvalue weighted by atomic mass is 16.5. The molecule has 0 aliphatic heterocycles. The minimum absolute atomic E-state index is 0.150. The number of amides is 1. The number of rotatable bonds is 7. The Balaban J connectivity index is 2.83. The number of aromatic nitrogens is 1. The average molecular weight is 280 g/mol. The van der Waals surface area contributed by atoms with Crippen LogP contribution in [-0.4, -0.2) is 30.2 Å². The number of aryl methyl sites for hydroxylation is 1. The van der Waals surface area contributed by atoms with Crippen molar-refractivity contribution in [2.45, 2.75) is 46.1 Å². The van der Waals surface area contributed by atoms with Crippen LogP contribution in [0.15, 0.2) is 12.1 Å². The Morgan fingerprint density at radius 2 is 2.10 bits per heavy atom. The summed E-state index contributed by atoms with van der Waals surface area (Å²) in [6.07, 6.45) is 1.49. The number of pyridine rings is 1. The second kappa shape index (κ2) is 7.24. The summed E-state index contributed by atoms with van der Waals surface area (Å²) in [7, 11) is 1.56. The molecule has 1 aromatic heterocycles. The van der Waals surface area contributed by atoms with E-state index in [9.17, 15) is 4.79 Å². The molecule has 1 aromatic rings. The van der Waals surface area contributed by atoms with E-state index in [1.54, 1.807) is 19.2 Å². The summed E-state index contributed by atoms with van der Waals surface area (Å²) < 4.78 is 10.7. The summed E-state index contributed by atoms with van der Waals surface area (Å²) in [5.74, 6) is 0.379. The predicted molar refractivity (Wildman–Crippen MR) is 79.1 cm³/mol. The minimum Gasteiger partial charge on any atom is -0.481 e. The first-order valence-electron chi connectivity index (χ1n) is 6.93. The molecular formula is C15H24N2O3. The van der Waals surface area contributed by atoms with E-state index in [1.165, 1.54) is 0 Å². The maximum Gasteiger partial charge on any atom is 0.256 e. The number of carbonyl (C=O) groups excluding carboxylic acids is 1. The van der Waals surface area contributed by atoms with E-state index in [-0.39, 0.29) is 5.91 Å². The minimum atomic E-state index is -0.817. The average Bonchev–Trinajstić information content (AvgIpc) is 2.46. The van der Waals surface area contributed by atoms with E-state index in [0.717, 1.165) is 6.42 Å². The number of nitrogens with zero attached hydrogens (tertiary/aromatic N) is 1. The molecule has 1 heterocycles. The molecule has 112 valence electrons. The molecular weight excluding hydrogens is 256 g/mol. The molecule has 1 unspecified atom stereocenters. The lowest BCUT2D eigenvalue weighted by atomic mass is 10.0. The predicted octanol–water partition coefficient (Wildman–Crippen LogP) is 2.93. The highest BCUT2D eigenvalue weighted by Gasteiger charge is 2.32. The molecule has 1 atom stereocenters. The zero-order chi connectivity index (χ0) is 15.2. The molecule has 5 heteroatoms. The van der Waals surface area contributed by atoms with E-state index >= 15 is 0 Å². The molecule has 0 fully saturated rings. The van der Waals surface area contributed by atoms with Gasteiger partial charge in [0, 0.05) is 12.7 Å². The van der Waals surface area contributed by atoms with Gasteiger partial charge in [0.15, 0.2) is 0 Å². The zero-order valence-electron chi connectivity index (χ0n) is 12.9. The van der Waals surface area contributed by atoms with Crippen molar-refractivity contribution in [3.63, 3.8) is 0 Å². The van der Waals surface area contributed by atoms with Crippen LogP contribution in [0.1, 0.15) is 39.3 Å².